The van der Waals surface area contributed by atoms with Gasteiger partial charge in [0, 0.05) is 74.6 Å². The fourth-order valence-corrected chi connectivity index (χ4v) is 9.44. The van der Waals surface area contributed by atoms with E-state index in [-0.39, 0.29) is 11.8 Å². The Labute approximate surface area is 410 Å². The summed E-state index contributed by atoms with van der Waals surface area (Å²) >= 11 is 0. The van der Waals surface area contributed by atoms with Crippen molar-refractivity contribution >= 4 is 46.5 Å². The standard InChI is InChI=1S/2C26H32N4O2.C2H2O4/c2*1-4-20-12-10-11-15-22(20)29-18-16-26(17-19-29,25-28-27-23(5-2)32-25)30(24(31)6-3)21-13-8-7-9-14-21;3-1(4)2(5)6/h2*7-15H,4-6,16-19H2,1-3H3;(H,3,4)(H,5,6). The second-order valence-corrected chi connectivity index (χ2v) is 17.2. The maximum Gasteiger partial charge on any atom is 0.414 e. The molecule has 4 aromatic carbocycles. The topological polar surface area (TPSA) is 200 Å². The average Bonchev–Trinajstić information content (AvgIpc) is 4.12. The fourth-order valence-electron chi connectivity index (χ4n) is 9.44. The maximum atomic E-state index is 13.3. The van der Waals surface area contributed by atoms with Gasteiger partial charge in [0.1, 0.15) is 11.1 Å². The second-order valence-electron chi connectivity index (χ2n) is 17.2. The fraction of sp³-hybridized carbons (Fsp3) is 0.407. The first-order chi connectivity index (χ1) is 33.9. The van der Waals surface area contributed by atoms with Crippen molar-refractivity contribution in [2.24, 2.45) is 0 Å². The summed E-state index contributed by atoms with van der Waals surface area (Å²) in [5.41, 5.74) is 5.66. The predicted molar refractivity (Wildman–Crippen MR) is 269 cm³/mol. The van der Waals surface area contributed by atoms with E-state index in [2.05, 4.69) is 92.6 Å². The molecule has 6 aromatic rings. The van der Waals surface area contributed by atoms with Gasteiger partial charge in [-0.05, 0) is 86.1 Å². The normalized spacial score (nSPS) is 14.8. The summed E-state index contributed by atoms with van der Waals surface area (Å²) in [5.74, 6) is -1.22. The zero-order valence-corrected chi connectivity index (χ0v) is 41.2. The molecule has 2 amide bonds. The molecule has 2 fully saturated rings. The van der Waals surface area contributed by atoms with Gasteiger partial charge in [-0.1, -0.05) is 114 Å². The molecule has 2 aromatic heterocycles. The van der Waals surface area contributed by atoms with Crippen LogP contribution in [0.1, 0.15) is 115 Å². The number of nitrogens with zero attached hydrogens (tertiary/aromatic N) is 8. The monoisotopic (exact) mass is 955 g/mol. The van der Waals surface area contributed by atoms with E-state index in [1.165, 1.54) is 22.5 Å². The first kappa shape index (κ1) is 52.0. The van der Waals surface area contributed by atoms with Crippen molar-refractivity contribution in [1.29, 1.82) is 0 Å². The minimum Gasteiger partial charge on any atom is -0.473 e. The van der Waals surface area contributed by atoms with Gasteiger partial charge in [-0.2, -0.15) is 0 Å². The van der Waals surface area contributed by atoms with Crippen LogP contribution in [0.25, 0.3) is 0 Å². The van der Waals surface area contributed by atoms with Crippen LogP contribution >= 0.6 is 0 Å². The summed E-state index contributed by atoms with van der Waals surface area (Å²) in [5, 5.41) is 32.2. The number of carboxylic acid groups (broad SMARTS) is 2. The molecule has 0 spiro atoms. The van der Waals surface area contributed by atoms with E-state index in [1.54, 1.807) is 0 Å². The number of hydrogen-bond donors (Lipinski definition) is 2. The van der Waals surface area contributed by atoms with E-state index in [0.717, 1.165) is 76.1 Å². The zero-order chi connectivity index (χ0) is 50.3. The van der Waals surface area contributed by atoms with Gasteiger partial charge in [0.15, 0.2) is 0 Å². The molecule has 0 bridgehead atoms. The Morgan fingerprint density at radius 3 is 1.10 bits per heavy atom. The molecular weight excluding hydrogens is 889 g/mol. The van der Waals surface area contributed by atoms with Crippen molar-refractivity contribution in [2.45, 2.75) is 117 Å². The van der Waals surface area contributed by atoms with Crippen LogP contribution < -0.4 is 19.6 Å². The Hall–Kier alpha value is -7.36. The lowest BCUT2D eigenvalue weighted by Gasteiger charge is -2.47. The summed E-state index contributed by atoms with van der Waals surface area (Å²) in [6, 6.07) is 36.9. The number of hydrogen-bond acceptors (Lipinski definition) is 12. The number of anilines is 4. The number of carbonyl (C=O) groups is 4. The lowest BCUT2D eigenvalue weighted by Crippen LogP contribution is -2.56. The molecule has 16 nitrogen and oxygen atoms in total. The van der Waals surface area contributed by atoms with Crippen LogP contribution in [0, 0.1) is 0 Å². The molecule has 0 aliphatic carbocycles. The summed E-state index contributed by atoms with van der Waals surface area (Å²) in [7, 11) is 0. The molecular formula is C54H66N8O8. The molecule has 370 valence electrons. The molecule has 2 saturated heterocycles. The van der Waals surface area contributed by atoms with E-state index in [9.17, 15) is 9.59 Å². The summed E-state index contributed by atoms with van der Waals surface area (Å²) in [4.78, 5) is 53.6. The smallest absolute Gasteiger partial charge is 0.414 e. The van der Waals surface area contributed by atoms with Crippen LogP contribution in [-0.4, -0.2) is 80.5 Å². The Balaban J connectivity index is 0.000000206. The number of piperidine rings is 2. The molecule has 0 radical (unpaired) electrons. The van der Waals surface area contributed by atoms with Gasteiger partial charge in [0.2, 0.25) is 35.4 Å². The van der Waals surface area contributed by atoms with Gasteiger partial charge >= 0.3 is 11.9 Å². The van der Waals surface area contributed by atoms with Gasteiger partial charge in [-0.3, -0.25) is 19.4 Å². The summed E-state index contributed by atoms with van der Waals surface area (Å²) in [6.07, 6.45) is 7.03. The molecule has 70 heavy (non-hydrogen) atoms. The third kappa shape index (κ3) is 11.6. The van der Waals surface area contributed by atoms with Crippen molar-refractivity contribution in [3.05, 3.63) is 144 Å². The number of aromatic nitrogens is 4. The van der Waals surface area contributed by atoms with Gasteiger partial charge < -0.3 is 28.8 Å². The molecule has 4 heterocycles. The number of benzene rings is 4. The molecule has 0 saturated carbocycles. The van der Waals surface area contributed by atoms with Crippen LogP contribution in [0.5, 0.6) is 0 Å². The van der Waals surface area contributed by atoms with Crippen molar-refractivity contribution in [3.8, 4) is 0 Å². The lowest BCUT2D eigenvalue weighted by molar-refractivity contribution is -0.159. The first-order valence-electron chi connectivity index (χ1n) is 24.4. The van der Waals surface area contributed by atoms with Crippen LogP contribution in [-0.2, 0) is 55.9 Å². The highest BCUT2D eigenvalue weighted by atomic mass is 16.4. The molecule has 16 heteroatoms. The van der Waals surface area contributed by atoms with Crippen LogP contribution in [0.2, 0.25) is 0 Å². The van der Waals surface area contributed by atoms with Crippen molar-refractivity contribution in [1.82, 2.24) is 20.4 Å². The predicted octanol–water partition coefficient (Wildman–Crippen LogP) is 9.42. The van der Waals surface area contributed by atoms with E-state index in [1.807, 2.05) is 98.2 Å². The average molecular weight is 955 g/mol. The number of rotatable bonds is 14. The molecule has 2 aliphatic rings. The van der Waals surface area contributed by atoms with Crippen LogP contribution in [0.4, 0.5) is 22.7 Å². The number of carboxylic acids is 2. The van der Waals surface area contributed by atoms with Gasteiger partial charge in [-0.15, -0.1) is 20.4 Å². The van der Waals surface area contributed by atoms with Gasteiger partial charge in [0.25, 0.3) is 0 Å². The zero-order valence-electron chi connectivity index (χ0n) is 41.2. The number of aryl methyl sites for hydroxylation is 4. The molecule has 2 aliphatic heterocycles. The molecule has 2 N–H and O–H groups in total. The van der Waals surface area contributed by atoms with Crippen LogP contribution in [0.15, 0.2) is 118 Å². The highest BCUT2D eigenvalue weighted by Gasteiger charge is 2.50. The first-order valence-corrected chi connectivity index (χ1v) is 24.4. The van der Waals surface area contributed by atoms with Gasteiger partial charge in [0.05, 0.1) is 0 Å². The van der Waals surface area contributed by atoms with Gasteiger partial charge in [-0.25, -0.2) is 9.59 Å². The quantitative estimate of drug-likeness (QED) is 0.0979. The molecule has 0 atom stereocenters. The van der Waals surface area contributed by atoms with E-state index >= 15 is 0 Å². The highest BCUT2D eigenvalue weighted by Crippen LogP contribution is 2.45. The number of aliphatic carboxylic acids is 2. The Bertz CT molecular complexity index is 2450. The molecule has 8 rings (SSSR count). The van der Waals surface area contributed by atoms with E-state index in [4.69, 9.17) is 28.6 Å². The van der Waals surface area contributed by atoms with E-state index in [0.29, 0.717) is 49.2 Å². The summed E-state index contributed by atoms with van der Waals surface area (Å²) < 4.78 is 12.2. The second kappa shape index (κ2) is 24.3. The Kier molecular flexibility index (Phi) is 18.0. The Morgan fingerprint density at radius 2 is 0.814 bits per heavy atom. The van der Waals surface area contributed by atoms with Crippen molar-refractivity contribution < 1.29 is 38.2 Å². The maximum absolute atomic E-state index is 13.3. The Morgan fingerprint density at radius 1 is 0.486 bits per heavy atom. The van der Waals surface area contributed by atoms with E-state index < -0.39 is 23.0 Å². The minimum absolute atomic E-state index is 0.0647. The SMILES string of the molecule is CCC(=O)N(c1ccccc1)C1(c2nnc(CC)o2)CCN(c2ccccc2CC)CC1.CCC(=O)N(c1ccccc1)C1(c2nnc(CC)o2)CCN(c2ccccc2CC)CC1.O=C(O)C(=O)O. The minimum atomic E-state index is -1.82. The third-order valence-electron chi connectivity index (χ3n) is 13.1. The summed E-state index contributed by atoms with van der Waals surface area (Å²) in [6.45, 7) is 15.4. The number of carbonyl (C=O) groups excluding carboxylic acids is 2. The highest BCUT2D eigenvalue weighted by molar-refractivity contribution is 6.27. The van der Waals surface area contributed by atoms with Crippen molar-refractivity contribution in [2.75, 3.05) is 45.8 Å². The van der Waals surface area contributed by atoms with Crippen LogP contribution in [0.3, 0.4) is 0 Å². The van der Waals surface area contributed by atoms with Crippen molar-refractivity contribution in [3.63, 3.8) is 0 Å². The molecule has 0 unspecified atom stereocenters. The number of para-hydroxylation sites is 4. The largest absolute Gasteiger partial charge is 0.473 e. The lowest BCUT2D eigenvalue weighted by atomic mass is 9.84. The number of amides is 2. The third-order valence-corrected chi connectivity index (χ3v) is 13.1.